The van der Waals surface area contributed by atoms with Crippen LogP contribution in [0.4, 0.5) is 21.7 Å². The predicted molar refractivity (Wildman–Crippen MR) is 132 cm³/mol. The van der Waals surface area contributed by atoms with Crippen LogP contribution in [0.5, 0.6) is 11.5 Å². The third kappa shape index (κ3) is 3.86. The van der Waals surface area contributed by atoms with Gasteiger partial charge in [-0.15, -0.1) is 5.10 Å². The second-order valence-electron chi connectivity index (χ2n) is 8.59. The SMILES string of the molecule is Cc1c(Oc2ccc3c(c2)nnn3C)ccc(Nc2ncnc3ccc(N4CCCC4)nc23)c1F. The fourth-order valence-electron chi connectivity index (χ4n) is 4.36. The van der Waals surface area contributed by atoms with Crippen LogP contribution in [0.2, 0.25) is 0 Å². The fourth-order valence-corrected chi connectivity index (χ4v) is 4.36. The first-order valence-corrected chi connectivity index (χ1v) is 11.5. The number of halogens is 1. The van der Waals surface area contributed by atoms with Gasteiger partial charge in [-0.05, 0) is 56.2 Å². The van der Waals surface area contributed by atoms with Crippen LogP contribution in [-0.2, 0) is 7.05 Å². The second-order valence-corrected chi connectivity index (χ2v) is 8.59. The molecule has 1 aliphatic heterocycles. The van der Waals surface area contributed by atoms with Crippen molar-refractivity contribution in [2.24, 2.45) is 7.05 Å². The highest BCUT2D eigenvalue weighted by Gasteiger charge is 2.17. The van der Waals surface area contributed by atoms with Gasteiger partial charge in [-0.1, -0.05) is 5.21 Å². The van der Waals surface area contributed by atoms with E-state index < -0.39 is 5.82 Å². The quantitative estimate of drug-likeness (QED) is 0.388. The lowest BCUT2D eigenvalue weighted by Crippen LogP contribution is -2.19. The van der Waals surface area contributed by atoms with Crippen molar-refractivity contribution in [3.8, 4) is 11.5 Å². The predicted octanol–water partition coefficient (Wildman–Crippen LogP) is 4.89. The lowest BCUT2D eigenvalue weighted by atomic mass is 10.1. The molecule has 1 saturated heterocycles. The Kier molecular flexibility index (Phi) is 5.13. The molecule has 35 heavy (non-hydrogen) atoms. The molecule has 1 fully saturated rings. The van der Waals surface area contributed by atoms with Crippen molar-refractivity contribution >= 4 is 39.4 Å². The van der Waals surface area contributed by atoms with E-state index in [1.165, 1.54) is 6.33 Å². The number of ether oxygens (including phenoxy) is 1. The molecule has 10 heteroatoms. The second kappa shape index (κ2) is 8.46. The zero-order chi connectivity index (χ0) is 23.9. The standard InChI is InChI=1S/C25H23FN8O/c1-15-21(35-16-5-8-20-19(13-16)31-32-33(20)2)9-6-17(23(15)26)29-25-24-18(27-14-28-25)7-10-22(30-24)34-11-3-4-12-34/h5-10,13-14H,3-4,11-12H2,1-2H3,(H,27,28,29). The van der Waals surface area contributed by atoms with E-state index in [0.717, 1.165) is 37.3 Å². The average Bonchev–Trinajstić information content (AvgIpc) is 3.54. The summed E-state index contributed by atoms with van der Waals surface area (Å²) in [5, 5.41) is 11.2. The lowest BCUT2D eigenvalue weighted by molar-refractivity contribution is 0.472. The molecular weight excluding hydrogens is 447 g/mol. The molecule has 176 valence electrons. The normalized spacial score (nSPS) is 13.6. The van der Waals surface area contributed by atoms with E-state index >= 15 is 4.39 Å². The van der Waals surface area contributed by atoms with Gasteiger partial charge in [0, 0.05) is 31.8 Å². The Labute approximate surface area is 200 Å². The van der Waals surface area contributed by atoms with E-state index in [9.17, 15) is 0 Å². The minimum Gasteiger partial charge on any atom is -0.457 e. The Hall–Kier alpha value is -4.34. The maximum absolute atomic E-state index is 15.4. The Morgan fingerprint density at radius 1 is 1.00 bits per heavy atom. The van der Waals surface area contributed by atoms with E-state index in [4.69, 9.17) is 9.72 Å². The van der Waals surface area contributed by atoms with Gasteiger partial charge in [0.05, 0.1) is 16.7 Å². The number of nitrogens with zero attached hydrogens (tertiary/aromatic N) is 7. The van der Waals surface area contributed by atoms with E-state index in [1.54, 1.807) is 29.8 Å². The van der Waals surface area contributed by atoms with Gasteiger partial charge in [0.25, 0.3) is 0 Å². The van der Waals surface area contributed by atoms with Crippen molar-refractivity contribution in [3.63, 3.8) is 0 Å². The number of nitrogens with one attached hydrogen (secondary N) is 1. The Morgan fingerprint density at radius 3 is 2.71 bits per heavy atom. The molecule has 9 nitrogen and oxygen atoms in total. The van der Waals surface area contributed by atoms with E-state index in [-0.39, 0.29) is 5.69 Å². The summed E-state index contributed by atoms with van der Waals surface area (Å²) in [5.41, 5.74) is 3.55. The van der Waals surface area contributed by atoms with E-state index in [0.29, 0.717) is 39.4 Å². The number of anilines is 3. The minimum atomic E-state index is -0.425. The van der Waals surface area contributed by atoms with Crippen molar-refractivity contribution in [2.75, 3.05) is 23.3 Å². The monoisotopic (exact) mass is 470 g/mol. The van der Waals surface area contributed by atoms with Gasteiger partial charge in [0.2, 0.25) is 0 Å². The number of fused-ring (bicyclic) bond motifs is 2. The minimum absolute atomic E-state index is 0.285. The van der Waals surface area contributed by atoms with Crippen molar-refractivity contribution in [1.82, 2.24) is 29.9 Å². The molecule has 0 atom stereocenters. The molecule has 5 aromatic rings. The van der Waals surface area contributed by atoms with Crippen LogP contribution in [0.1, 0.15) is 18.4 Å². The van der Waals surface area contributed by atoms with Crippen LogP contribution >= 0.6 is 0 Å². The van der Waals surface area contributed by atoms with E-state index in [1.807, 2.05) is 31.3 Å². The number of benzene rings is 2. The van der Waals surface area contributed by atoms with Crippen LogP contribution in [0.3, 0.4) is 0 Å². The first kappa shape index (κ1) is 21.2. The molecule has 0 saturated carbocycles. The molecule has 0 bridgehead atoms. The van der Waals surface area contributed by atoms with Crippen molar-refractivity contribution in [3.05, 3.63) is 60.2 Å². The lowest BCUT2D eigenvalue weighted by Gasteiger charge is -2.17. The summed E-state index contributed by atoms with van der Waals surface area (Å²) in [6, 6.07) is 12.7. The molecule has 2 aromatic carbocycles. The number of hydrogen-bond donors (Lipinski definition) is 1. The Morgan fingerprint density at radius 2 is 1.86 bits per heavy atom. The largest absolute Gasteiger partial charge is 0.457 e. The molecule has 6 rings (SSSR count). The number of aromatic nitrogens is 6. The summed E-state index contributed by atoms with van der Waals surface area (Å²) in [5.74, 6) is 1.88. The first-order chi connectivity index (χ1) is 17.1. The van der Waals surface area contributed by atoms with Gasteiger partial charge in [-0.25, -0.2) is 24.0 Å². The zero-order valence-electron chi connectivity index (χ0n) is 19.4. The molecule has 0 aliphatic carbocycles. The van der Waals surface area contributed by atoms with Crippen molar-refractivity contribution in [1.29, 1.82) is 0 Å². The summed E-state index contributed by atoms with van der Waals surface area (Å²) in [4.78, 5) is 15.7. The molecule has 0 spiro atoms. The number of aryl methyl sites for hydroxylation is 1. The topological polar surface area (TPSA) is 93.9 Å². The highest BCUT2D eigenvalue weighted by atomic mass is 19.1. The van der Waals surface area contributed by atoms with Crippen LogP contribution < -0.4 is 15.0 Å². The molecule has 0 unspecified atom stereocenters. The summed E-state index contributed by atoms with van der Waals surface area (Å²) in [7, 11) is 1.82. The van der Waals surface area contributed by atoms with Gasteiger partial charge >= 0.3 is 0 Å². The number of rotatable bonds is 5. The summed E-state index contributed by atoms with van der Waals surface area (Å²) < 4.78 is 23.0. The average molecular weight is 471 g/mol. The fraction of sp³-hybridized carbons (Fsp3) is 0.240. The van der Waals surface area contributed by atoms with E-state index in [2.05, 4.69) is 30.5 Å². The number of pyridine rings is 1. The summed E-state index contributed by atoms with van der Waals surface area (Å²) >= 11 is 0. The molecular formula is C25H23FN8O. The van der Waals surface area contributed by atoms with Crippen LogP contribution in [-0.4, -0.2) is 43.0 Å². The number of hydrogen-bond acceptors (Lipinski definition) is 8. The van der Waals surface area contributed by atoms with Gasteiger partial charge in [0.1, 0.15) is 34.7 Å². The smallest absolute Gasteiger partial charge is 0.160 e. The highest BCUT2D eigenvalue weighted by molar-refractivity contribution is 5.88. The summed E-state index contributed by atoms with van der Waals surface area (Å²) in [6.07, 6.45) is 3.76. The molecule has 3 aromatic heterocycles. The molecule has 1 N–H and O–H groups in total. The third-order valence-corrected chi connectivity index (χ3v) is 6.30. The molecule has 1 aliphatic rings. The zero-order valence-corrected chi connectivity index (χ0v) is 19.4. The summed E-state index contributed by atoms with van der Waals surface area (Å²) in [6.45, 7) is 3.64. The molecule has 4 heterocycles. The third-order valence-electron chi connectivity index (χ3n) is 6.30. The van der Waals surface area contributed by atoms with Gasteiger partial charge in [-0.2, -0.15) is 0 Å². The first-order valence-electron chi connectivity index (χ1n) is 11.5. The van der Waals surface area contributed by atoms with Crippen LogP contribution in [0.15, 0.2) is 48.8 Å². The van der Waals surface area contributed by atoms with Crippen LogP contribution in [0, 0.1) is 12.7 Å². The van der Waals surface area contributed by atoms with Crippen LogP contribution in [0.25, 0.3) is 22.1 Å². The van der Waals surface area contributed by atoms with Gasteiger partial charge < -0.3 is 15.0 Å². The molecule has 0 amide bonds. The van der Waals surface area contributed by atoms with Gasteiger partial charge in [-0.3, -0.25) is 0 Å². The highest BCUT2D eigenvalue weighted by Crippen LogP contribution is 2.33. The maximum atomic E-state index is 15.4. The maximum Gasteiger partial charge on any atom is 0.160 e. The molecule has 0 radical (unpaired) electrons. The van der Waals surface area contributed by atoms with Crippen molar-refractivity contribution < 1.29 is 9.13 Å². The Bertz CT molecular complexity index is 1560. The van der Waals surface area contributed by atoms with Crippen molar-refractivity contribution in [2.45, 2.75) is 19.8 Å². The van der Waals surface area contributed by atoms with Gasteiger partial charge in [0.15, 0.2) is 11.6 Å². The Balaban J connectivity index is 1.29.